The van der Waals surface area contributed by atoms with Gasteiger partial charge >= 0.3 is 0 Å². The number of rotatable bonds is 5. The highest BCUT2D eigenvalue weighted by Gasteiger charge is 2.10. The molecule has 3 aromatic rings. The van der Waals surface area contributed by atoms with E-state index in [1.165, 1.54) is 16.3 Å². The molecule has 1 atom stereocenters. The average molecular weight is 283 g/mol. The molecule has 0 spiro atoms. The molecule has 0 fully saturated rings. The fourth-order valence-electron chi connectivity index (χ4n) is 2.34. The third kappa shape index (κ3) is 2.89. The summed E-state index contributed by atoms with van der Waals surface area (Å²) < 4.78 is 5.33. The maximum atomic E-state index is 6.35. The molecule has 2 nitrogen and oxygen atoms in total. The van der Waals surface area contributed by atoms with Crippen LogP contribution in [-0.2, 0) is 5.75 Å². The first kappa shape index (κ1) is 13.3. The van der Waals surface area contributed by atoms with Gasteiger partial charge in [0.1, 0.15) is 5.76 Å². The Labute approximate surface area is 123 Å². The topological polar surface area (TPSA) is 39.2 Å². The third-order valence-electron chi connectivity index (χ3n) is 3.34. The standard InChI is InChI=1S/C17H17NOS/c18-17(12-20-11-14-7-4-10-19-14)16-9-3-6-13-5-1-2-8-15(13)16/h1-10,17H,11-12,18H2. The van der Waals surface area contributed by atoms with E-state index < -0.39 is 0 Å². The van der Waals surface area contributed by atoms with Gasteiger partial charge in [0.2, 0.25) is 0 Å². The molecule has 3 heteroatoms. The summed E-state index contributed by atoms with van der Waals surface area (Å²) in [6.45, 7) is 0. The number of fused-ring (bicyclic) bond motifs is 1. The van der Waals surface area contributed by atoms with E-state index in [2.05, 4.69) is 42.5 Å². The summed E-state index contributed by atoms with van der Waals surface area (Å²) in [5, 5.41) is 2.50. The number of nitrogens with two attached hydrogens (primary N) is 1. The molecule has 0 saturated heterocycles. The van der Waals surface area contributed by atoms with E-state index in [0.717, 1.165) is 17.3 Å². The van der Waals surface area contributed by atoms with Gasteiger partial charge in [-0.1, -0.05) is 42.5 Å². The molecule has 0 amide bonds. The van der Waals surface area contributed by atoms with Crippen molar-refractivity contribution in [3.63, 3.8) is 0 Å². The van der Waals surface area contributed by atoms with Crippen LogP contribution >= 0.6 is 11.8 Å². The first-order chi connectivity index (χ1) is 9.84. The van der Waals surface area contributed by atoms with Gasteiger partial charge in [-0.15, -0.1) is 0 Å². The first-order valence-corrected chi connectivity index (χ1v) is 7.83. The second-order valence-electron chi connectivity index (χ2n) is 4.77. The van der Waals surface area contributed by atoms with E-state index in [-0.39, 0.29) is 6.04 Å². The van der Waals surface area contributed by atoms with Crippen LogP contribution in [0.2, 0.25) is 0 Å². The molecule has 0 aliphatic heterocycles. The maximum absolute atomic E-state index is 6.35. The highest BCUT2D eigenvalue weighted by molar-refractivity contribution is 7.98. The van der Waals surface area contributed by atoms with Crippen LogP contribution in [0.25, 0.3) is 10.8 Å². The van der Waals surface area contributed by atoms with Crippen molar-refractivity contribution in [3.05, 3.63) is 72.2 Å². The predicted molar refractivity (Wildman–Crippen MR) is 85.7 cm³/mol. The summed E-state index contributed by atoms with van der Waals surface area (Å²) in [4.78, 5) is 0. The zero-order valence-electron chi connectivity index (χ0n) is 11.2. The molecule has 2 N–H and O–H groups in total. The van der Waals surface area contributed by atoms with E-state index in [1.807, 2.05) is 12.1 Å². The lowest BCUT2D eigenvalue weighted by molar-refractivity contribution is 0.530. The quantitative estimate of drug-likeness (QED) is 0.756. The van der Waals surface area contributed by atoms with Crippen molar-refractivity contribution in [2.24, 2.45) is 5.73 Å². The van der Waals surface area contributed by atoms with Gasteiger partial charge in [-0.2, -0.15) is 11.8 Å². The third-order valence-corrected chi connectivity index (χ3v) is 4.43. The molecular formula is C17H17NOS. The molecule has 0 saturated carbocycles. The lowest BCUT2D eigenvalue weighted by Gasteiger charge is -2.14. The number of hydrogen-bond donors (Lipinski definition) is 1. The Balaban J connectivity index is 1.70. The Morgan fingerprint density at radius 3 is 2.70 bits per heavy atom. The Hall–Kier alpha value is -1.71. The predicted octanol–water partition coefficient (Wildman–Crippen LogP) is 4.37. The summed E-state index contributed by atoms with van der Waals surface area (Å²) in [6.07, 6.45) is 1.71. The van der Waals surface area contributed by atoms with Crippen LogP contribution in [0.5, 0.6) is 0 Å². The van der Waals surface area contributed by atoms with Crippen LogP contribution in [0.1, 0.15) is 17.4 Å². The Morgan fingerprint density at radius 2 is 1.85 bits per heavy atom. The van der Waals surface area contributed by atoms with Crippen LogP contribution in [0, 0.1) is 0 Å². The zero-order valence-corrected chi connectivity index (χ0v) is 12.0. The van der Waals surface area contributed by atoms with Gasteiger partial charge in [0.15, 0.2) is 0 Å². The van der Waals surface area contributed by atoms with Crippen molar-refractivity contribution in [1.82, 2.24) is 0 Å². The van der Waals surface area contributed by atoms with Crippen molar-refractivity contribution in [1.29, 1.82) is 0 Å². The number of hydrogen-bond acceptors (Lipinski definition) is 3. The van der Waals surface area contributed by atoms with Gasteiger partial charge < -0.3 is 10.2 Å². The van der Waals surface area contributed by atoms with E-state index in [4.69, 9.17) is 10.2 Å². The molecule has 3 rings (SSSR count). The average Bonchev–Trinajstić information content (AvgIpc) is 3.00. The van der Waals surface area contributed by atoms with Crippen molar-refractivity contribution in [2.75, 3.05) is 5.75 Å². The lowest BCUT2D eigenvalue weighted by atomic mass is 10.0. The molecule has 1 unspecified atom stereocenters. The molecule has 1 heterocycles. The monoisotopic (exact) mass is 283 g/mol. The normalized spacial score (nSPS) is 12.7. The lowest BCUT2D eigenvalue weighted by Crippen LogP contribution is -2.13. The molecule has 0 radical (unpaired) electrons. The fourth-order valence-corrected chi connectivity index (χ4v) is 3.26. The van der Waals surface area contributed by atoms with Crippen LogP contribution < -0.4 is 5.73 Å². The minimum Gasteiger partial charge on any atom is -0.468 e. The van der Waals surface area contributed by atoms with Gasteiger partial charge in [0, 0.05) is 11.8 Å². The first-order valence-electron chi connectivity index (χ1n) is 6.68. The van der Waals surface area contributed by atoms with E-state index in [9.17, 15) is 0 Å². The molecule has 2 aromatic carbocycles. The molecular weight excluding hydrogens is 266 g/mol. The van der Waals surface area contributed by atoms with Crippen molar-refractivity contribution >= 4 is 22.5 Å². The van der Waals surface area contributed by atoms with Crippen LogP contribution in [0.15, 0.2) is 65.3 Å². The minimum atomic E-state index is 0.0427. The van der Waals surface area contributed by atoms with Crippen LogP contribution in [-0.4, -0.2) is 5.75 Å². The van der Waals surface area contributed by atoms with Crippen molar-refractivity contribution in [2.45, 2.75) is 11.8 Å². The SMILES string of the molecule is NC(CSCc1ccco1)c1cccc2ccccc12. The number of benzene rings is 2. The maximum Gasteiger partial charge on any atom is 0.113 e. The largest absolute Gasteiger partial charge is 0.468 e. The fraction of sp³-hybridized carbons (Fsp3) is 0.176. The van der Waals surface area contributed by atoms with Gasteiger partial charge in [-0.25, -0.2) is 0 Å². The summed E-state index contributed by atoms with van der Waals surface area (Å²) in [5.41, 5.74) is 7.57. The second-order valence-corrected chi connectivity index (χ2v) is 5.80. The molecule has 102 valence electrons. The molecule has 0 aliphatic carbocycles. The van der Waals surface area contributed by atoms with Crippen LogP contribution in [0.4, 0.5) is 0 Å². The smallest absolute Gasteiger partial charge is 0.113 e. The van der Waals surface area contributed by atoms with E-state index in [1.54, 1.807) is 18.0 Å². The molecule has 1 aromatic heterocycles. The van der Waals surface area contributed by atoms with Gasteiger partial charge in [0.25, 0.3) is 0 Å². The van der Waals surface area contributed by atoms with E-state index in [0.29, 0.717) is 0 Å². The summed E-state index contributed by atoms with van der Waals surface area (Å²) >= 11 is 1.80. The Morgan fingerprint density at radius 1 is 1.00 bits per heavy atom. The molecule has 0 aliphatic rings. The number of thioether (sulfide) groups is 1. The second kappa shape index (κ2) is 6.16. The number of furan rings is 1. The van der Waals surface area contributed by atoms with E-state index >= 15 is 0 Å². The summed E-state index contributed by atoms with van der Waals surface area (Å²) in [6, 6.07) is 18.7. The van der Waals surface area contributed by atoms with Crippen LogP contribution in [0.3, 0.4) is 0 Å². The highest BCUT2D eigenvalue weighted by Crippen LogP contribution is 2.26. The summed E-state index contributed by atoms with van der Waals surface area (Å²) in [7, 11) is 0. The van der Waals surface area contributed by atoms with Crippen molar-refractivity contribution in [3.8, 4) is 0 Å². The molecule has 0 bridgehead atoms. The highest BCUT2D eigenvalue weighted by atomic mass is 32.2. The Bertz CT molecular complexity index is 673. The van der Waals surface area contributed by atoms with Gasteiger partial charge in [-0.05, 0) is 28.5 Å². The molecule has 20 heavy (non-hydrogen) atoms. The summed E-state index contributed by atoms with van der Waals surface area (Å²) in [5.74, 6) is 2.75. The zero-order chi connectivity index (χ0) is 13.8. The van der Waals surface area contributed by atoms with Gasteiger partial charge in [-0.3, -0.25) is 0 Å². The minimum absolute atomic E-state index is 0.0427. The Kier molecular flexibility index (Phi) is 4.09. The van der Waals surface area contributed by atoms with Crippen molar-refractivity contribution < 1.29 is 4.42 Å². The van der Waals surface area contributed by atoms with Gasteiger partial charge in [0.05, 0.1) is 12.0 Å².